The van der Waals surface area contributed by atoms with Gasteiger partial charge in [-0.05, 0) is 28.1 Å². The van der Waals surface area contributed by atoms with Gasteiger partial charge in [-0.1, -0.05) is 0 Å². The van der Waals surface area contributed by atoms with E-state index < -0.39 is 17.3 Å². The highest BCUT2D eigenvalue weighted by Gasteiger charge is 2.16. The number of carboxylic acids is 1. The van der Waals surface area contributed by atoms with Crippen LogP contribution in [0.15, 0.2) is 21.5 Å². The molecule has 1 aromatic rings. The molecule has 0 aliphatic carbocycles. The van der Waals surface area contributed by atoms with Gasteiger partial charge in [-0.15, -0.1) is 12.6 Å². The van der Waals surface area contributed by atoms with Crippen molar-refractivity contribution in [3.63, 3.8) is 0 Å². The molecule has 1 rings (SSSR count). The highest BCUT2D eigenvalue weighted by molar-refractivity contribution is 9.10. The minimum absolute atomic E-state index is 0.114. The lowest BCUT2D eigenvalue weighted by atomic mass is 10.2. The van der Waals surface area contributed by atoms with Crippen LogP contribution in [0, 0.1) is 5.82 Å². The van der Waals surface area contributed by atoms with E-state index in [0.29, 0.717) is 0 Å². The predicted molar refractivity (Wildman–Crippen MR) is 48.3 cm³/mol. The van der Waals surface area contributed by atoms with Crippen molar-refractivity contribution in [1.82, 2.24) is 0 Å². The molecule has 0 atom stereocenters. The van der Waals surface area contributed by atoms with Crippen LogP contribution in [-0.2, 0) is 0 Å². The van der Waals surface area contributed by atoms with Crippen molar-refractivity contribution in [2.45, 2.75) is 4.90 Å². The molecule has 0 fully saturated rings. The first-order valence-electron chi connectivity index (χ1n) is 2.94. The number of benzene rings is 1. The predicted octanol–water partition coefficient (Wildman–Crippen LogP) is 2.58. The Hall–Kier alpha value is -0.550. The molecule has 0 heterocycles. The van der Waals surface area contributed by atoms with Gasteiger partial charge in [0, 0.05) is 4.90 Å². The van der Waals surface area contributed by atoms with E-state index in [-0.39, 0.29) is 9.37 Å². The molecule has 1 N–H and O–H groups in total. The first kappa shape index (κ1) is 9.54. The van der Waals surface area contributed by atoms with Gasteiger partial charge in [0.05, 0.1) is 4.47 Å². The van der Waals surface area contributed by atoms with E-state index in [2.05, 4.69) is 28.6 Å². The van der Waals surface area contributed by atoms with Gasteiger partial charge >= 0.3 is 5.97 Å². The second kappa shape index (κ2) is 3.45. The Morgan fingerprint density at radius 1 is 1.58 bits per heavy atom. The minimum atomic E-state index is -1.32. The fourth-order valence-corrected chi connectivity index (χ4v) is 1.34. The summed E-state index contributed by atoms with van der Waals surface area (Å²) in [5, 5.41) is 8.56. The monoisotopic (exact) mass is 250 g/mol. The van der Waals surface area contributed by atoms with Crippen LogP contribution in [0.2, 0.25) is 0 Å². The molecule has 0 aromatic heterocycles. The standard InChI is InChI=1S/C7H4BrFO2S/c8-3-1-2-4(12)5(6(3)9)7(10)11/h1-2,12H,(H,10,11). The summed E-state index contributed by atoms with van der Waals surface area (Å²) in [6, 6.07) is 2.82. The molecule has 0 radical (unpaired) electrons. The first-order chi connectivity index (χ1) is 5.54. The van der Waals surface area contributed by atoms with Gasteiger partial charge in [-0.2, -0.15) is 0 Å². The van der Waals surface area contributed by atoms with Crippen LogP contribution in [0.4, 0.5) is 4.39 Å². The summed E-state index contributed by atoms with van der Waals surface area (Å²) in [5.41, 5.74) is -0.410. The molecular formula is C7H4BrFO2S. The molecule has 0 aliphatic rings. The summed E-state index contributed by atoms with van der Waals surface area (Å²) in [5.74, 6) is -2.12. The van der Waals surface area contributed by atoms with Crippen LogP contribution < -0.4 is 0 Å². The molecule has 0 unspecified atom stereocenters. The summed E-state index contributed by atoms with van der Waals surface area (Å²) in [6.45, 7) is 0. The lowest BCUT2D eigenvalue weighted by Crippen LogP contribution is -2.02. The van der Waals surface area contributed by atoms with E-state index in [0.717, 1.165) is 0 Å². The maximum Gasteiger partial charge on any atom is 0.339 e. The van der Waals surface area contributed by atoms with Crippen LogP contribution in [0.1, 0.15) is 10.4 Å². The third-order valence-electron chi connectivity index (χ3n) is 1.29. The van der Waals surface area contributed by atoms with Gasteiger partial charge in [-0.3, -0.25) is 0 Å². The average molecular weight is 251 g/mol. The smallest absolute Gasteiger partial charge is 0.339 e. The number of carboxylic acid groups (broad SMARTS) is 1. The van der Waals surface area contributed by atoms with Crippen LogP contribution in [0.25, 0.3) is 0 Å². The van der Waals surface area contributed by atoms with Gasteiger partial charge in [0.1, 0.15) is 5.56 Å². The number of halogens is 2. The van der Waals surface area contributed by atoms with E-state index in [1.54, 1.807) is 0 Å². The maximum atomic E-state index is 13.0. The maximum absolute atomic E-state index is 13.0. The van der Waals surface area contributed by atoms with Gasteiger partial charge < -0.3 is 5.11 Å². The fraction of sp³-hybridized carbons (Fsp3) is 0. The molecule has 64 valence electrons. The number of rotatable bonds is 1. The Labute approximate surface area is 81.9 Å². The second-order valence-corrected chi connectivity index (χ2v) is 3.40. The minimum Gasteiger partial charge on any atom is -0.478 e. The number of aromatic carboxylic acids is 1. The van der Waals surface area contributed by atoms with Crippen LogP contribution in [-0.4, -0.2) is 11.1 Å². The Morgan fingerprint density at radius 3 is 2.58 bits per heavy atom. The second-order valence-electron chi connectivity index (χ2n) is 2.06. The van der Waals surface area contributed by atoms with Gasteiger partial charge in [0.15, 0.2) is 5.82 Å². The zero-order chi connectivity index (χ0) is 9.30. The Bertz CT molecular complexity index is 340. The number of carbonyl (C=O) groups is 1. The zero-order valence-corrected chi connectivity index (χ0v) is 8.19. The van der Waals surface area contributed by atoms with Gasteiger partial charge in [-0.25, -0.2) is 9.18 Å². The van der Waals surface area contributed by atoms with Crippen molar-refractivity contribution in [3.8, 4) is 0 Å². The quantitative estimate of drug-likeness (QED) is 0.752. The SMILES string of the molecule is O=C(O)c1c(S)ccc(Br)c1F. The lowest BCUT2D eigenvalue weighted by molar-refractivity contribution is 0.0687. The van der Waals surface area contributed by atoms with Crippen LogP contribution in [0.3, 0.4) is 0 Å². The van der Waals surface area contributed by atoms with E-state index in [9.17, 15) is 9.18 Å². The highest BCUT2D eigenvalue weighted by Crippen LogP contribution is 2.24. The summed E-state index contributed by atoms with van der Waals surface area (Å²) in [6.07, 6.45) is 0. The molecule has 0 bridgehead atoms. The van der Waals surface area contributed by atoms with Crippen molar-refractivity contribution in [2.75, 3.05) is 0 Å². The summed E-state index contributed by atoms with van der Waals surface area (Å²) in [7, 11) is 0. The molecular weight excluding hydrogens is 247 g/mol. The van der Waals surface area contributed by atoms with E-state index in [4.69, 9.17) is 5.11 Å². The zero-order valence-electron chi connectivity index (χ0n) is 5.71. The highest BCUT2D eigenvalue weighted by atomic mass is 79.9. The largest absolute Gasteiger partial charge is 0.478 e. The summed E-state index contributed by atoms with van der Waals surface area (Å²) >= 11 is 6.69. The number of hydrogen-bond donors (Lipinski definition) is 2. The molecule has 0 aliphatic heterocycles. The molecule has 0 saturated heterocycles. The van der Waals surface area contributed by atoms with E-state index in [1.165, 1.54) is 12.1 Å². The first-order valence-corrected chi connectivity index (χ1v) is 4.18. The molecule has 0 saturated carbocycles. The molecule has 1 aromatic carbocycles. The van der Waals surface area contributed by atoms with Gasteiger partial charge in [0.25, 0.3) is 0 Å². The topological polar surface area (TPSA) is 37.3 Å². The van der Waals surface area contributed by atoms with Gasteiger partial charge in [0.2, 0.25) is 0 Å². The fourth-order valence-electron chi connectivity index (χ4n) is 0.744. The Kier molecular flexibility index (Phi) is 2.74. The Balaban J connectivity index is 3.43. The normalized spacial score (nSPS) is 9.92. The van der Waals surface area contributed by atoms with Crippen LogP contribution in [0.5, 0.6) is 0 Å². The van der Waals surface area contributed by atoms with E-state index in [1.807, 2.05) is 0 Å². The third-order valence-corrected chi connectivity index (χ3v) is 2.27. The number of hydrogen-bond acceptors (Lipinski definition) is 2. The average Bonchev–Trinajstić information content (AvgIpc) is 1.97. The lowest BCUT2D eigenvalue weighted by Gasteiger charge is -2.02. The van der Waals surface area contributed by atoms with Crippen molar-refractivity contribution >= 4 is 34.5 Å². The van der Waals surface area contributed by atoms with Crippen molar-refractivity contribution in [2.24, 2.45) is 0 Å². The van der Waals surface area contributed by atoms with Crippen molar-refractivity contribution in [3.05, 3.63) is 28.0 Å². The third kappa shape index (κ3) is 1.61. The van der Waals surface area contributed by atoms with Crippen molar-refractivity contribution in [1.29, 1.82) is 0 Å². The molecule has 0 spiro atoms. The molecule has 0 amide bonds. The summed E-state index contributed by atoms with van der Waals surface area (Å²) in [4.78, 5) is 10.6. The summed E-state index contributed by atoms with van der Waals surface area (Å²) < 4.78 is 13.2. The molecule has 5 heteroatoms. The van der Waals surface area contributed by atoms with Crippen molar-refractivity contribution < 1.29 is 14.3 Å². The van der Waals surface area contributed by atoms with Crippen LogP contribution >= 0.6 is 28.6 Å². The molecule has 12 heavy (non-hydrogen) atoms. The van der Waals surface area contributed by atoms with E-state index >= 15 is 0 Å². The Morgan fingerprint density at radius 2 is 2.17 bits per heavy atom. The number of thiol groups is 1. The molecule has 2 nitrogen and oxygen atoms in total.